The lowest BCUT2D eigenvalue weighted by Crippen LogP contribution is -2.50. The Morgan fingerprint density at radius 1 is 1.43 bits per heavy atom. The number of rotatable bonds is 4. The van der Waals surface area contributed by atoms with Gasteiger partial charge in [0.1, 0.15) is 11.8 Å². The van der Waals surface area contributed by atoms with E-state index in [1.807, 2.05) is 0 Å². The third-order valence-corrected chi connectivity index (χ3v) is 3.32. The van der Waals surface area contributed by atoms with Crippen molar-refractivity contribution in [2.75, 3.05) is 5.32 Å². The van der Waals surface area contributed by atoms with Crippen molar-refractivity contribution < 1.29 is 14.5 Å². The predicted molar refractivity (Wildman–Crippen MR) is 83.5 cm³/mol. The molecule has 0 radical (unpaired) electrons. The molecule has 0 unspecified atom stereocenters. The number of nitrogens with zero attached hydrogens (tertiary/aromatic N) is 3. The van der Waals surface area contributed by atoms with Crippen LogP contribution in [0.4, 0.5) is 16.3 Å². The molecule has 126 valence electrons. The number of aromatic nitrogens is 2. The molecule has 0 atom stereocenters. The molecule has 1 aliphatic rings. The van der Waals surface area contributed by atoms with Gasteiger partial charge in [0.05, 0.1) is 4.92 Å². The summed E-state index contributed by atoms with van der Waals surface area (Å²) in [5.41, 5.74) is -0.790. The standard InChI is InChI=1S/C13H18ClN5O4/c1-13(2,3)23-12(20)17-8-4-7(5-8)16-10-9(19(21)22)6-15-11(14)18-10/h6-8H,4-5H2,1-3H3,(H,17,20)(H,15,16,18). The highest BCUT2D eigenvalue weighted by molar-refractivity contribution is 6.28. The molecular weight excluding hydrogens is 326 g/mol. The fourth-order valence-corrected chi connectivity index (χ4v) is 2.25. The Hall–Kier alpha value is -2.16. The fourth-order valence-electron chi connectivity index (χ4n) is 2.11. The first-order chi connectivity index (χ1) is 10.6. The van der Waals surface area contributed by atoms with Crippen LogP contribution < -0.4 is 10.6 Å². The predicted octanol–water partition coefficient (Wildman–Crippen LogP) is 2.51. The number of alkyl carbamates (subject to hydrolysis) is 1. The van der Waals surface area contributed by atoms with Gasteiger partial charge in [-0.2, -0.15) is 4.98 Å². The number of carbonyl (C=O) groups is 1. The zero-order valence-electron chi connectivity index (χ0n) is 13.0. The van der Waals surface area contributed by atoms with Gasteiger partial charge in [-0.3, -0.25) is 10.1 Å². The first-order valence-electron chi connectivity index (χ1n) is 7.07. The molecule has 1 aliphatic carbocycles. The van der Waals surface area contributed by atoms with Gasteiger partial charge >= 0.3 is 11.8 Å². The maximum Gasteiger partial charge on any atom is 0.407 e. The lowest BCUT2D eigenvalue weighted by molar-refractivity contribution is -0.384. The van der Waals surface area contributed by atoms with Crippen molar-refractivity contribution in [3.05, 3.63) is 21.6 Å². The van der Waals surface area contributed by atoms with E-state index in [0.29, 0.717) is 12.8 Å². The van der Waals surface area contributed by atoms with E-state index in [0.717, 1.165) is 6.20 Å². The number of ether oxygens (including phenoxy) is 1. The second-order valence-electron chi connectivity index (χ2n) is 6.29. The highest BCUT2D eigenvalue weighted by Gasteiger charge is 2.33. The lowest BCUT2D eigenvalue weighted by atomic mass is 9.87. The molecule has 1 aromatic heterocycles. The third-order valence-electron chi connectivity index (χ3n) is 3.14. The SMILES string of the molecule is CC(C)(C)OC(=O)NC1CC(Nc2nc(Cl)ncc2[N+](=O)[O-])C1. The van der Waals surface area contributed by atoms with Gasteiger partial charge in [0.15, 0.2) is 0 Å². The molecule has 0 bridgehead atoms. The van der Waals surface area contributed by atoms with E-state index in [1.165, 1.54) is 0 Å². The fraction of sp³-hybridized carbons (Fsp3) is 0.615. The second-order valence-corrected chi connectivity index (χ2v) is 6.62. The lowest BCUT2D eigenvalue weighted by Gasteiger charge is -2.36. The molecular formula is C13H18ClN5O4. The summed E-state index contributed by atoms with van der Waals surface area (Å²) in [6.45, 7) is 5.36. The molecule has 0 aromatic carbocycles. The Bertz CT molecular complexity index is 613. The van der Waals surface area contributed by atoms with Crippen LogP contribution >= 0.6 is 11.6 Å². The largest absolute Gasteiger partial charge is 0.444 e. The van der Waals surface area contributed by atoms with Crippen LogP contribution in [0.5, 0.6) is 0 Å². The summed E-state index contributed by atoms with van der Waals surface area (Å²) in [6, 6.07) is -0.0849. The van der Waals surface area contributed by atoms with Gasteiger partial charge in [-0.05, 0) is 45.2 Å². The molecule has 1 fully saturated rings. The van der Waals surface area contributed by atoms with Crippen molar-refractivity contribution in [3.8, 4) is 0 Å². The number of amides is 1. The monoisotopic (exact) mass is 343 g/mol. The van der Waals surface area contributed by atoms with Crippen molar-refractivity contribution in [1.82, 2.24) is 15.3 Å². The molecule has 0 spiro atoms. The van der Waals surface area contributed by atoms with Gasteiger partial charge in [-0.15, -0.1) is 0 Å². The second kappa shape index (κ2) is 6.53. The van der Waals surface area contributed by atoms with E-state index >= 15 is 0 Å². The number of anilines is 1. The maximum atomic E-state index is 11.6. The average Bonchev–Trinajstić information content (AvgIpc) is 2.33. The summed E-state index contributed by atoms with van der Waals surface area (Å²) in [4.78, 5) is 29.4. The van der Waals surface area contributed by atoms with Gasteiger partial charge in [-0.25, -0.2) is 9.78 Å². The Morgan fingerprint density at radius 3 is 2.65 bits per heavy atom. The summed E-state index contributed by atoms with van der Waals surface area (Å²) in [6.07, 6.45) is 1.81. The number of hydrogen-bond donors (Lipinski definition) is 2. The zero-order valence-corrected chi connectivity index (χ0v) is 13.8. The quantitative estimate of drug-likeness (QED) is 0.489. The summed E-state index contributed by atoms with van der Waals surface area (Å²) in [7, 11) is 0. The Labute approximate surface area is 137 Å². The van der Waals surface area contributed by atoms with Crippen molar-refractivity contribution >= 4 is 29.2 Å². The van der Waals surface area contributed by atoms with Crippen LogP contribution in [0, 0.1) is 10.1 Å². The molecule has 0 aliphatic heterocycles. The summed E-state index contributed by atoms with van der Waals surface area (Å²) < 4.78 is 5.17. The number of nitro groups is 1. The van der Waals surface area contributed by atoms with Crippen LogP contribution in [-0.2, 0) is 4.74 Å². The maximum absolute atomic E-state index is 11.6. The Balaban J connectivity index is 1.86. The Morgan fingerprint density at radius 2 is 2.09 bits per heavy atom. The summed E-state index contributed by atoms with van der Waals surface area (Å²) in [5, 5.41) is 16.6. The highest BCUT2D eigenvalue weighted by Crippen LogP contribution is 2.28. The molecule has 9 nitrogen and oxygen atoms in total. The molecule has 0 saturated heterocycles. The first kappa shape index (κ1) is 17.2. The van der Waals surface area contributed by atoms with E-state index in [4.69, 9.17) is 16.3 Å². The van der Waals surface area contributed by atoms with Crippen molar-refractivity contribution in [1.29, 1.82) is 0 Å². The van der Waals surface area contributed by atoms with Crippen LogP contribution in [0.2, 0.25) is 5.28 Å². The smallest absolute Gasteiger partial charge is 0.407 e. The van der Waals surface area contributed by atoms with Crippen molar-refractivity contribution in [3.63, 3.8) is 0 Å². The molecule has 10 heteroatoms. The topological polar surface area (TPSA) is 119 Å². The van der Waals surface area contributed by atoms with Crippen LogP contribution in [0.1, 0.15) is 33.6 Å². The molecule has 2 N–H and O–H groups in total. The van der Waals surface area contributed by atoms with E-state index in [-0.39, 0.29) is 28.9 Å². The minimum atomic E-state index is -0.576. The zero-order chi connectivity index (χ0) is 17.2. The van der Waals surface area contributed by atoms with Gasteiger partial charge in [0, 0.05) is 12.1 Å². The van der Waals surface area contributed by atoms with E-state index in [2.05, 4.69) is 20.6 Å². The summed E-state index contributed by atoms with van der Waals surface area (Å²) >= 11 is 5.67. The van der Waals surface area contributed by atoms with Crippen molar-refractivity contribution in [2.24, 2.45) is 0 Å². The van der Waals surface area contributed by atoms with Crippen LogP contribution in [0.15, 0.2) is 6.20 Å². The van der Waals surface area contributed by atoms with Crippen LogP contribution in [0.25, 0.3) is 0 Å². The van der Waals surface area contributed by atoms with E-state index in [9.17, 15) is 14.9 Å². The van der Waals surface area contributed by atoms with Crippen LogP contribution in [0.3, 0.4) is 0 Å². The molecule has 1 saturated carbocycles. The molecule has 1 amide bonds. The van der Waals surface area contributed by atoms with Gasteiger partial charge in [0.25, 0.3) is 0 Å². The minimum Gasteiger partial charge on any atom is -0.444 e. The normalized spacial score (nSPS) is 20.3. The van der Waals surface area contributed by atoms with E-state index < -0.39 is 16.6 Å². The van der Waals surface area contributed by atoms with Gasteiger partial charge in [0.2, 0.25) is 11.1 Å². The van der Waals surface area contributed by atoms with E-state index in [1.54, 1.807) is 20.8 Å². The molecule has 23 heavy (non-hydrogen) atoms. The number of hydrogen-bond acceptors (Lipinski definition) is 7. The highest BCUT2D eigenvalue weighted by atomic mass is 35.5. The third kappa shape index (κ3) is 4.92. The van der Waals surface area contributed by atoms with Gasteiger partial charge < -0.3 is 15.4 Å². The summed E-state index contributed by atoms with van der Waals surface area (Å²) in [5.74, 6) is 0.0794. The first-order valence-corrected chi connectivity index (χ1v) is 7.45. The number of nitrogens with one attached hydrogen (secondary N) is 2. The average molecular weight is 344 g/mol. The molecule has 1 heterocycles. The molecule has 2 rings (SSSR count). The van der Waals surface area contributed by atoms with Crippen molar-refractivity contribution in [2.45, 2.75) is 51.3 Å². The van der Waals surface area contributed by atoms with Gasteiger partial charge in [-0.1, -0.05) is 0 Å². The minimum absolute atomic E-state index is 0.0420. The molecule has 1 aromatic rings. The number of halogens is 1. The van der Waals surface area contributed by atoms with Crippen LogP contribution in [-0.4, -0.2) is 38.7 Å². The Kier molecular flexibility index (Phi) is 4.88. The number of carbonyl (C=O) groups excluding carboxylic acids is 1.